The van der Waals surface area contributed by atoms with E-state index in [0.29, 0.717) is 44.6 Å². The number of nitrogens with zero attached hydrogens (tertiary/aromatic N) is 3. The smallest absolute Gasteiger partial charge is 0.251 e. The highest BCUT2D eigenvalue weighted by Gasteiger charge is 2.19. The van der Waals surface area contributed by atoms with Gasteiger partial charge in [-0.05, 0) is 72.5 Å². The summed E-state index contributed by atoms with van der Waals surface area (Å²) in [5, 5.41) is 15.6. The maximum Gasteiger partial charge on any atom is 0.251 e. The summed E-state index contributed by atoms with van der Waals surface area (Å²) in [6.45, 7) is 8.95. The van der Waals surface area contributed by atoms with Crippen LogP contribution in [0.5, 0.6) is 5.75 Å². The second-order valence-corrected chi connectivity index (χ2v) is 11.9. The van der Waals surface area contributed by atoms with Gasteiger partial charge in [0.25, 0.3) is 5.91 Å². The summed E-state index contributed by atoms with van der Waals surface area (Å²) in [4.78, 5) is 25.6. The van der Waals surface area contributed by atoms with Crippen LogP contribution in [0.3, 0.4) is 0 Å². The molecule has 11 heteroatoms. The van der Waals surface area contributed by atoms with E-state index in [1.54, 1.807) is 47.0 Å². The average Bonchev–Trinajstić information content (AvgIpc) is 3.35. The number of amides is 2. The van der Waals surface area contributed by atoms with Crippen LogP contribution >= 0.6 is 35.0 Å². The minimum atomic E-state index is -0.238. The Morgan fingerprint density at radius 1 is 0.951 bits per heavy atom. The third-order valence-electron chi connectivity index (χ3n) is 6.06. The first-order chi connectivity index (χ1) is 19.5. The maximum atomic E-state index is 12.9. The molecule has 2 amide bonds. The number of halogens is 2. The maximum absolute atomic E-state index is 12.9. The number of rotatable bonds is 10. The van der Waals surface area contributed by atoms with Crippen LogP contribution in [0.15, 0.2) is 71.9 Å². The first-order valence-electron chi connectivity index (χ1n) is 13.0. The summed E-state index contributed by atoms with van der Waals surface area (Å²) >= 11 is 13.7. The first kappa shape index (κ1) is 30.4. The molecule has 2 N–H and O–H groups in total. The van der Waals surface area contributed by atoms with Gasteiger partial charge in [-0.1, -0.05) is 67.9 Å². The first-order valence-corrected chi connectivity index (χ1v) is 14.7. The highest BCUT2D eigenvalue weighted by atomic mass is 35.5. The number of hydrogen-bond donors (Lipinski definition) is 2. The molecule has 0 radical (unpaired) electrons. The van der Waals surface area contributed by atoms with Crippen LogP contribution in [-0.4, -0.2) is 38.9 Å². The van der Waals surface area contributed by atoms with Gasteiger partial charge in [0, 0.05) is 11.3 Å². The molecule has 1 heterocycles. The Bertz CT molecular complexity index is 1520. The molecule has 0 spiro atoms. The minimum absolute atomic E-state index is 0.00945. The van der Waals surface area contributed by atoms with Crippen molar-refractivity contribution in [3.05, 3.63) is 93.7 Å². The Labute approximate surface area is 253 Å². The van der Waals surface area contributed by atoms with Gasteiger partial charge in [-0.3, -0.25) is 14.2 Å². The molecular formula is C30H31Cl2N5O3S. The van der Waals surface area contributed by atoms with Gasteiger partial charge in [-0.2, -0.15) is 0 Å². The van der Waals surface area contributed by atoms with Crippen molar-refractivity contribution < 1.29 is 14.3 Å². The largest absolute Gasteiger partial charge is 0.494 e. The van der Waals surface area contributed by atoms with E-state index < -0.39 is 0 Å². The standard InChI is InChI=1S/C30H31Cl2N5O3S/c1-5-40-23-13-10-21(11-14-23)34-27(38)18-41-29-36-35-26(37(29)22-12-15-24(31)25(32)16-22)17-33-28(39)19-6-8-20(9-7-19)30(2,3)4/h6-16H,5,17-18H2,1-4H3,(H,33,39)(H,34,38). The third kappa shape index (κ3) is 8.03. The lowest BCUT2D eigenvalue weighted by Gasteiger charge is -2.19. The van der Waals surface area contributed by atoms with E-state index in [1.165, 1.54) is 11.8 Å². The quantitative estimate of drug-likeness (QED) is 0.189. The molecule has 4 rings (SSSR count). The molecule has 0 aliphatic rings. The van der Waals surface area contributed by atoms with Gasteiger partial charge >= 0.3 is 0 Å². The highest BCUT2D eigenvalue weighted by Crippen LogP contribution is 2.29. The number of benzene rings is 3. The van der Waals surface area contributed by atoms with Gasteiger partial charge in [0.05, 0.1) is 34.6 Å². The van der Waals surface area contributed by atoms with Crippen molar-refractivity contribution >= 4 is 52.5 Å². The predicted molar refractivity (Wildman–Crippen MR) is 165 cm³/mol. The predicted octanol–water partition coefficient (Wildman–Crippen LogP) is 6.93. The van der Waals surface area contributed by atoms with Crippen molar-refractivity contribution in [3.8, 4) is 11.4 Å². The fourth-order valence-corrected chi connectivity index (χ4v) is 4.97. The number of carbonyl (C=O) groups excluding carboxylic acids is 2. The molecule has 8 nitrogen and oxygen atoms in total. The molecule has 0 bridgehead atoms. The van der Waals surface area contributed by atoms with E-state index in [4.69, 9.17) is 27.9 Å². The molecule has 214 valence electrons. The van der Waals surface area contributed by atoms with Crippen molar-refractivity contribution in [1.82, 2.24) is 20.1 Å². The summed E-state index contributed by atoms with van der Waals surface area (Å²) in [7, 11) is 0. The van der Waals surface area contributed by atoms with Gasteiger partial charge in [0.15, 0.2) is 11.0 Å². The topological polar surface area (TPSA) is 98.1 Å². The Kier molecular flexibility index (Phi) is 9.96. The number of aromatic nitrogens is 3. The molecule has 0 unspecified atom stereocenters. The molecule has 0 aliphatic heterocycles. The Morgan fingerprint density at radius 2 is 1.66 bits per heavy atom. The zero-order valence-electron chi connectivity index (χ0n) is 23.2. The Morgan fingerprint density at radius 3 is 2.29 bits per heavy atom. The van der Waals surface area contributed by atoms with E-state index in [-0.39, 0.29) is 29.5 Å². The molecular weight excluding hydrogens is 581 g/mol. The highest BCUT2D eigenvalue weighted by molar-refractivity contribution is 7.99. The van der Waals surface area contributed by atoms with E-state index in [0.717, 1.165) is 11.3 Å². The lowest BCUT2D eigenvalue weighted by Crippen LogP contribution is -2.25. The van der Waals surface area contributed by atoms with Gasteiger partial charge in [0.1, 0.15) is 5.75 Å². The Balaban J connectivity index is 1.48. The van der Waals surface area contributed by atoms with Crippen molar-refractivity contribution in [3.63, 3.8) is 0 Å². The van der Waals surface area contributed by atoms with Crippen LogP contribution in [-0.2, 0) is 16.8 Å². The second kappa shape index (κ2) is 13.4. The summed E-state index contributed by atoms with van der Waals surface area (Å²) in [6, 6.07) is 19.8. The number of anilines is 1. The monoisotopic (exact) mass is 611 g/mol. The molecule has 0 saturated heterocycles. The molecule has 0 atom stereocenters. The van der Waals surface area contributed by atoms with Crippen molar-refractivity contribution in [1.29, 1.82) is 0 Å². The van der Waals surface area contributed by atoms with Gasteiger partial charge < -0.3 is 15.4 Å². The van der Waals surface area contributed by atoms with Crippen LogP contribution in [0.4, 0.5) is 5.69 Å². The Hall–Kier alpha value is -3.53. The number of carbonyl (C=O) groups is 2. The van der Waals surface area contributed by atoms with Gasteiger partial charge in [0.2, 0.25) is 5.91 Å². The zero-order chi connectivity index (χ0) is 29.6. The van der Waals surface area contributed by atoms with Crippen LogP contribution in [0.25, 0.3) is 5.69 Å². The molecule has 4 aromatic rings. The second-order valence-electron chi connectivity index (χ2n) is 10.1. The van der Waals surface area contributed by atoms with Gasteiger partial charge in [-0.15, -0.1) is 10.2 Å². The van der Waals surface area contributed by atoms with Crippen LogP contribution < -0.4 is 15.4 Å². The number of hydrogen-bond acceptors (Lipinski definition) is 6. The summed E-state index contributed by atoms with van der Waals surface area (Å²) in [6.07, 6.45) is 0. The molecule has 0 fully saturated rings. The van der Waals surface area contributed by atoms with E-state index >= 15 is 0 Å². The van der Waals surface area contributed by atoms with Crippen LogP contribution in [0.2, 0.25) is 10.0 Å². The summed E-state index contributed by atoms with van der Waals surface area (Å²) in [5.74, 6) is 0.835. The van der Waals surface area contributed by atoms with Gasteiger partial charge in [-0.25, -0.2) is 0 Å². The lowest BCUT2D eigenvalue weighted by molar-refractivity contribution is -0.113. The average molecular weight is 613 g/mol. The number of nitrogens with one attached hydrogen (secondary N) is 2. The lowest BCUT2D eigenvalue weighted by atomic mass is 9.87. The van der Waals surface area contributed by atoms with Crippen molar-refractivity contribution in [2.24, 2.45) is 0 Å². The zero-order valence-corrected chi connectivity index (χ0v) is 25.5. The van der Waals surface area contributed by atoms with E-state index in [1.807, 2.05) is 31.2 Å². The molecule has 3 aromatic carbocycles. The molecule has 0 aliphatic carbocycles. The summed E-state index contributed by atoms with van der Waals surface area (Å²) < 4.78 is 7.19. The molecule has 41 heavy (non-hydrogen) atoms. The van der Waals surface area contributed by atoms with Crippen molar-refractivity contribution in [2.75, 3.05) is 17.7 Å². The fraction of sp³-hybridized carbons (Fsp3) is 0.267. The number of ether oxygens (including phenoxy) is 1. The van der Waals surface area contributed by atoms with Crippen LogP contribution in [0.1, 0.15) is 49.4 Å². The van der Waals surface area contributed by atoms with Crippen molar-refractivity contribution in [2.45, 2.75) is 44.8 Å². The SMILES string of the molecule is CCOc1ccc(NC(=O)CSc2nnc(CNC(=O)c3ccc(C(C)(C)C)cc3)n2-c2ccc(Cl)c(Cl)c2)cc1. The number of thioether (sulfide) groups is 1. The fourth-order valence-electron chi connectivity index (χ4n) is 3.90. The van der Waals surface area contributed by atoms with E-state index in [2.05, 4.69) is 41.6 Å². The minimum Gasteiger partial charge on any atom is -0.494 e. The van der Waals surface area contributed by atoms with Crippen LogP contribution in [0, 0.1) is 0 Å². The van der Waals surface area contributed by atoms with E-state index in [9.17, 15) is 9.59 Å². The molecule has 1 aromatic heterocycles. The third-order valence-corrected chi connectivity index (χ3v) is 7.73. The molecule has 0 saturated carbocycles. The normalized spacial score (nSPS) is 11.3. The summed E-state index contributed by atoms with van der Waals surface area (Å²) in [5.41, 5.74) is 2.98.